The van der Waals surface area contributed by atoms with Crippen LogP contribution in [0.4, 0.5) is 0 Å². The van der Waals surface area contributed by atoms with E-state index in [4.69, 9.17) is 0 Å². The fourth-order valence-electron chi connectivity index (χ4n) is 2.57. The van der Waals surface area contributed by atoms with E-state index in [1.165, 1.54) is 27.8 Å². The van der Waals surface area contributed by atoms with Crippen molar-refractivity contribution in [1.82, 2.24) is 5.32 Å². The second kappa shape index (κ2) is 7.42. The molecule has 0 bridgehead atoms. The predicted octanol–water partition coefficient (Wildman–Crippen LogP) is 4.90. The lowest BCUT2D eigenvalue weighted by molar-refractivity contribution is 0.529. The summed E-state index contributed by atoms with van der Waals surface area (Å²) < 4.78 is 0. The van der Waals surface area contributed by atoms with Gasteiger partial charge < -0.3 is 5.32 Å². The van der Waals surface area contributed by atoms with Gasteiger partial charge in [0.1, 0.15) is 0 Å². The van der Waals surface area contributed by atoms with Gasteiger partial charge in [-0.25, -0.2) is 0 Å². The first-order valence-electron chi connectivity index (χ1n) is 7.96. The molecule has 2 rings (SSSR count). The highest BCUT2D eigenvalue weighted by Crippen LogP contribution is 2.21. The second-order valence-electron chi connectivity index (χ2n) is 6.04. The van der Waals surface area contributed by atoms with E-state index in [-0.39, 0.29) is 0 Å². The minimum Gasteiger partial charge on any atom is -0.310 e. The molecule has 0 saturated carbocycles. The lowest BCUT2D eigenvalue weighted by Gasteiger charge is -2.20. The van der Waals surface area contributed by atoms with Gasteiger partial charge in [-0.3, -0.25) is 0 Å². The van der Waals surface area contributed by atoms with Crippen LogP contribution in [0.25, 0.3) is 0 Å². The number of hydrogen-bond acceptors (Lipinski definition) is 1. The monoisotopic (exact) mass is 281 g/mol. The molecule has 2 aromatic carbocycles. The molecule has 21 heavy (non-hydrogen) atoms. The highest BCUT2D eigenvalue weighted by atomic mass is 14.9. The molecule has 1 nitrogen and oxygen atoms in total. The predicted molar refractivity (Wildman–Crippen MR) is 91.8 cm³/mol. The van der Waals surface area contributed by atoms with Crippen LogP contribution in [0.1, 0.15) is 47.2 Å². The fourth-order valence-corrected chi connectivity index (χ4v) is 2.57. The molecule has 0 aliphatic heterocycles. The Hall–Kier alpha value is -1.60. The SMILES string of the molecule is CCCNC(Cc1ccc(C)cc1)c1ccc(C)c(C)c1. The molecule has 0 saturated heterocycles. The Morgan fingerprint density at radius 2 is 1.62 bits per heavy atom. The Labute approximate surface area is 129 Å². The lowest BCUT2D eigenvalue weighted by Crippen LogP contribution is -2.24. The van der Waals surface area contributed by atoms with Crippen LogP contribution in [0, 0.1) is 20.8 Å². The molecule has 112 valence electrons. The molecule has 0 aliphatic carbocycles. The third kappa shape index (κ3) is 4.44. The Bertz CT molecular complexity index is 569. The van der Waals surface area contributed by atoms with Gasteiger partial charge >= 0.3 is 0 Å². The van der Waals surface area contributed by atoms with Crippen LogP contribution in [0.3, 0.4) is 0 Å². The van der Waals surface area contributed by atoms with E-state index >= 15 is 0 Å². The first-order valence-corrected chi connectivity index (χ1v) is 7.96. The third-order valence-electron chi connectivity index (χ3n) is 4.13. The fraction of sp³-hybridized carbons (Fsp3) is 0.400. The van der Waals surface area contributed by atoms with Crippen LogP contribution in [-0.2, 0) is 6.42 Å². The number of rotatable bonds is 6. The molecular formula is C20H27N. The summed E-state index contributed by atoms with van der Waals surface area (Å²) in [5.41, 5.74) is 6.85. The number of benzene rings is 2. The van der Waals surface area contributed by atoms with Crippen LogP contribution >= 0.6 is 0 Å². The van der Waals surface area contributed by atoms with Crippen LogP contribution < -0.4 is 5.32 Å². The molecular weight excluding hydrogens is 254 g/mol. The van der Waals surface area contributed by atoms with Gasteiger partial charge in [-0.15, -0.1) is 0 Å². The van der Waals surface area contributed by atoms with E-state index in [9.17, 15) is 0 Å². The van der Waals surface area contributed by atoms with Gasteiger partial charge in [-0.2, -0.15) is 0 Å². The highest BCUT2D eigenvalue weighted by Gasteiger charge is 2.12. The van der Waals surface area contributed by atoms with Crippen molar-refractivity contribution in [3.8, 4) is 0 Å². The van der Waals surface area contributed by atoms with Crippen molar-refractivity contribution >= 4 is 0 Å². The minimum absolute atomic E-state index is 0.395. The molecule has 0 aromatic heterocycles. The maximum atomic E-state index is 3.70. The zero-order valence-corrected chi connectivity index (χ0v) is 13.7. The summed E-state index contributed by atoms with van der Waals surface area (Å²) in [5.74, 6) is 0. The quantitative estimate of drug-likeness (QED) is 0.794. The molecule has 2 aromatic rings. The van der Waals surface area contributed by atoms with Crippen LogP contribution in [0.2, 0.25) is 0 Å². The summed E-state index contributed by atoms with van der Waals surface area (Å²) in [6, 6.07) is 16.1. The van der Waals surface area contributed by atoms with Crippen molar-refractivity contribution < 1.29 is 0 Å². The molecule has 1 N–H and O–H groups in total. The topological polar surface area (TPSA) is 12.0 Å². The first-order chi connectivity index (χ1) is 10.1. The molecule has 1 unspecified atom stereocenters. The third-order valence-corrected chi connectivity index (χ3v) is 4.13. The summed E-state index contributed by atoms with van der Waals surface area (Å²) in [6.07, 6.45) is 2.21. The molecule has 0 spiro atoms. The van der Waals surface area contributed by atoms with Gasteiger partial charge in [-0.05, 0) is 62.4 Å². The molecule has 0 amide bonds. The zero-order chi connectivity index (χ0) is 15.2. The van der Waals surface area contributed by atoms with Crippen molar-refractivity contribution in [3.05, 3.63) is 70.3 Å². The van der Waals surface area contributed by atoms with Gasteiger partial charge in [-0.1, -0.05) is 55.0 Å². The second-order valence-corrected chi connectivity index (χ2v) is 6.04. The lowest BCUT2D eigenvalue weighted by atomic mass is 9.95. The van der Waals surface area contributed by atoms with E-state index in [0.29, 0.717) is 6.04 Å². The van der Waals surface area contributed by atoms with E-state index in [0.717, 1.165) is 19.4 Å². The summed E-state index contributed by atoms with van der Waals surface area (Å²) in [5, 5.41) is 3.70. The van der Waals surface area contributed by atoms with Crippen molar-refractivity contribution in [1.29, 1.82) is 0 Å². The number of hydrogen-bond donors (Lipinski definition) is 1. The van der Waals surface area contributed by atoms with Gasteiger partial charge in [0.15, 0.2) is 0 Å². The van der Waals surface area contributed by atoms with Crippen molar-refractivity contribution in [2.45, 2.75) is 46.6 Å². The van der Waals surface area contributed by atoms with E-state index in [2.05, 4.69) is 75.5 Å². The Kier molecular flexibility index (Phi) is 5.58. The zero-order valence-electron chi connectivity index (χ0n) is 13.7. The largest absolute Gasteiger partial charge is 0.310 e. The van der Waals surface area contributed by atoms with Crippen molar-refractivity contribution in [3.63, 3.8) is 0 Å². The van der Waals surface area contributed by atoms with Gasteiger partial charge in [0.25, 0.3) is 0 Å². The van der Waals surface area contributed by atoms with Crippen LogP contribution in [0.15, 0.2) is 42.5 Å². The summed E-state index contributed by atoms with van der Waals surface area (Å²) >= 11 is 0. The van der Waals surface area contributed by atoms with Gasteiger partial charge in [0, 0.05) is 6.04 Å². The van der Waals surface area contributed by atoms with Gasteiger partial charge in [0.05, 0.1) is 0 Å². The molecule has 1 heteroatoms. The maximum Gasteiger partial charge on any atom is 0.0360 e. The molecule has 0 aliphatic rings. The number of nitrogens with one attached hydrogen (secondary N) is 1. The van der Waals surface area contributed by atoms with Crippen molar-refractivity contribution in [2.24, 2.45) is 0 Å². The average Bonchev–Trinajstić information content (AvgIpc) is 2.48. The standard InChI is InChI=1S/C20H27N/c1-5-12-21-20(14-18-9-6-15(2)7-10-18)19-11-8-16(3)17(4)13-19/h6-11,13,20-21H,5,12,14H2,1-4H3. The Balaban J connectivity index is 2.20. The minimum atomic E-state index is 0.395. The Morgan fingerprint density at radius 1 is 0.905 bits per heavy atom. The molecule has 0 heterocycles. The highest BCUT2D eigenvalue weighted by molar-refractivity contribution is 5.33. The van der Waals surface area contributed by atoms with Crippen molar-refractivity contribution in [2.75, 3.05) is 6.54 Å². The summed E-state index contributed by atoms with van der Waals surface area (Å²) in [7, 11) is 0. The number of aryl methyl sites for hydroxylation is 3. The normalized spacial score (nSPS) is 12.4. The summed E-state index contributed by atoms with van der Waals surface area (Å²) in [4.78, 5) is 0. The first kappa shape index (κ1) is 15.8. The van der Waals surface area contributed by atoms with Crippen LogP contribution in [-0.4, -0.2) is 6.54 Å². The molecule has 0 fully saturated rings. The van der Waals surface area contributed by atoms with E-state index < -0.39 is 0 Å². The average molecular weight is 281 g/mol. The molecule has 1 atom stereocenters. The van der Waals surface area contributed by atoms with E-state index in [1.54, 1.807) is 0 Å². The smallest absolute Gasteiger partial charge is 0.0360 e. The van der Waals surface area contributed by atoms with Crippen LogP contribution in [0.5, 0.6) is 0 Å². The van der Waals surface area contributed by atoms with Gasteiger partial charge in [0.2, 0.25) is 0 Å². The Morgan fingerprint density at radius 3 is 2.24 bits per heavy atom. The molecule has 0 radical (unpaired) electrons. The van der Waals surface area contributed by atoms with E-state index in [1.807, 2.05) is 0 Å². The summed E-state index contributed by atoms with van der Waals surface area (Å²) in [6.45, 7) is 9.79. The maximum absolute atomic E-state index is 3.70.